The zero-order valence-electron chi connectivity index (χ0n) is 13.9. The van der Waals surface area contributed by atoms with E-state index < -0.39 is 12.1 Å². The van der Waals surface area contributed by atoms with Gasteiger partial charge in [0.05, 0.1) is 12.2 Å². The number of hydrogen-bond donors (Lipinski definition) is 4. The summed E-state index contributed by atoms with van der Waals surface area (Å²) in [6.07, 6.45) is 10.8. The molecule has 5 heteroatoms. The smallest absolute Gasteiger partial charge is 0.303 e. The Morgan fingerprint density at radius 1 is 1.13 bits per heavy atom. The van der Waals surface area contributed by atoms with Crippen LogP contribution in [0.1, 0.15) is 64.2 Å². The van der Waals surface area contributed by atoms with Crippen molar-refractivity contribution in [2.45, 2.75) is 76.4 Å². The summed E-state index contributed by atoms with van der Waals surface area (Å²) in [7, 11) is 0. The van der Waals surface area contributed by atoms with Gasteiger partial charge in [0.15, 0.2) is 0 Å². The predicted molar refractivity (Wildman–Crippen MR) is 89.0 cm³/mol. The third kappa shape index (κ3) is 8.49. The summed E-state index contributed by atoms with van der Waals surface area (Å²) in [4.78, 5) is 10.4. The molecule has 23 heavy (non-hydrogen) atoms. The minimum absolute atomic E-state index is 0.0948. The molecule has 1 rings (SSSR count). The van der Waals surface area contributed by atoms with Crippen molar-refractivity contribution < 1.29 is 25.2 Å². The Hall–Kier alpha value is -0.910. The van der Waals surface area contributed by atoms with Crippen molar-refractivity contribution in [2.75, 3.05) is 6.61 Å². The molecule has 4 atom stereocenters. The lowest BCUT2D eigenvalue weighted by molar-refractivity contribution is -0.137. The SMILES string of the molecule is O=C(O)CCCCCCC1C(O)CCC1C=CC(O)CCCO. The average Bonchev–Trinajstić information content (AvgIpc) is 2.86. The maximum Gasteiger partial charge on any atom is 0.303 e. The van der Waals surface area contributed by atoms with Crippen LogP contribution >= 0.6 is 0 Å². The van der Waals surface area contributed by atoms with E-state index in [0.29, 0.717) is 18.8 Å². The molecule has 1 fully saturated rings. The summed E-state index contributed by atoms with van der Waals surface area (Å²) >= 11 is 0. The molecule has 0 aromatic carbocycles. The Kier molecular flexibility index (Phi) is 10.2. The summed E-state index contributed by atoms with van der Waals surface area (Å²) < 4.78 is 0. The Morgan fingerprint density at radius 3 is 2.57 bits per heavy atom. The van der Waals surface area contributed by atoms with Crippen molar-refractivity contribution in [3.63, 3.8) is 0 Å². The normalized spacial score (nSPS) is 26.0. The zero-order chi connectivity index (χ0) is 17.1. The monoisotopic (exact) mass is 328 g/mol. The highest BCUT2D eigenvalue weighted by molar-refractivity contribution is 5.66. The van der Waals surface area contributed by atoms with Crippen molar-refractivity contribution in [1.82, 2.24) is 0 Å². The average molecular weight is 328 g/mol. The molecule has 1 saturated carbocycles. The van der Waals surface area contributed by atoms with E-state index in [4.69, 9.17) is 10.2 Å². The molecular weight excluding hydrogens is 296 g/mol. The zero-order valence-corrected chi connectivity index (χ0v) is 13.9. The van der Waals surface area contributed by atoms with Gasteiger partial charge in [-0.3, -0.25) is 4.79 Å². The quantitative estimate of drug-likeness (QED) is 0.326. The van der Waals surface area contributed by atoms with E-state index in [1.807, 2.05) is 6.08 Å². The first-order valence-corrected chi connectivity index (χ1v) is 8.91. The number of unbranched alkanes of at least 4 members (excludes halogenated alkanes) is 3. The molecule has 0 heterocycles. The van der Waals surface area contributed by atoms with E-state index >= 15 is 0 Å². The number of hydrogen-bond acceptors (Lipinski definition) is 4. The van der Waals surface area contributed by atoms with Crippen LogP contribution in [0.15, 0.2) is 12.2 Å². The highest BCUT2D eigenvalue weighted by Gasteiger charge is 2.32. The molecule has 0 aromatic heterocycles. The van der Waals surface area contributed by atoms with Crippen LogP contribution in [-0.2, 0) is 4.79 Å². The molecule has 0 bridgehead atoms. The van der Waals surface area contributed by atoms with E-state index in [1.54, 1.807) is 6.08 Å². The van der Waals surface area contributed by atoms with Gasteiger partial charge in [-0.1, -0.05) is 31.4 Å². The van der Waals surface area contributed by atoms with Gasteiger partial charge in [0.1, 0.15) is 0 Å². The van der Waals surface area contributed by atoms with E-state index in [2.05, 4.69) is 0 Å². The van der Waals surface area contributed by atoms with Gasteiger partial charge in [0.2, 0.25) is 0 Å². The summed E-state index contributed by atoms with van der Waals surface area (Å²) in [5.74, 6) is -0.176. The van der Waals surface area contributed by atoms with Gasteiger partial charge in [-0.05, 0) is 50.4 Å². The second-order valence-electron chi connectivity index (χ2n) is 6.64. The molecule has 0 aromatic rings. The molecule has 5 nitrogen and oxygen atoms in total. The molecule has 134 valence electrons. The first kappa shape index (κ1) is 20.1. The Bertz CT molecular complexity index is 355. The van der Waals surface area contributed by atoms with Crippen molar-refractivity contribution in [2.24, 2.45) is 11.8 Å². The lowest BCUT2D eigenvalue weighted by atomic mass is 9.88. The molecule has 0 saturated heterocycles. The number of carboxylic acid groups (broad SMARTS) is 1. The highest BCUT2D eigenvalue weighted by atomic mass is 16.4. The van der Waals surface area contributed by atoms with Crippen LogP contribution in [0, 0.1) is 11.8 Å². The van der Waals surface area contributed by atoms with Gasteiger partial charge in [0, 0.05) is 13.0 Å². The van der Waals surface area contributed by atoms with Crippen LogP contribution in [0.3, 0.4) is 0 Å². The van der Waals surface area contributed by atoms with Gasteiger partial charge in [-0.2, -0.15) is 0 Å². The van der Waals surface area contributed by atoms with Gasteiger partial charge >= 0.3 is 5.97 Å². The molecule has 0 amide bonds. The van der Waals surface area contributed by atoms with E-state index in [0.717, 1.165) is 44.9 Å². The molecule has 1 aliphatic carbocycles. The molecule has 4 N–H and O–H groups in total. The third-order valence-corrected chi connectivity index (χ3v) is 4.76. The van der Waals surface area contributed by atoms with Crippen molar-refractivity contribution in [3.8, 4) is 0 Å². The van der Waals surface area contributed by atoms with Crippen LogP contribution in [-0.4, -0.2) is 45.2 Å². The molecule has 0 spiro atoms. The standard InChI is InChI=1S/C18H32O5/c19-13-5-6-15(20)11-9-14-10-12-17(21)16(14)7-3-1-2-4-8-18(22)23/h9,11,14-17,19-21H,1-8,10,12-13H2,(H,22,23). The van der Waals surface area contributed by atoms with Gasteiger partial charge in [-0.15, -0.1) is 0 Å². The van der Waals surface area contributed by atoms with Crippen molar-refractivity contribution in [1.29, 1.82) is 0 Å². The first-order chi connectivity index (χ1) is 11.0. The number of aliphatic hydroxyl groups is 3. The summed E-state index contributed by atoms with van der Waals surface area (Å²) in [5, 5.41) is 37.3. The fraction of sp³-hybridized carbons (Fsp3) is 0.833. The van der Waals surface area contributed by atoms with Crippen molar-refractivity contribution >= 4 is 5.97 Å². The second kappa shape index (κ2) is 11.6. The summed E-state index contributed by atoms with van der Waals surface area (Å²) in [6, 6.07) is 0. The Labute approximate surface area is 139 Å². The van der Waals surface area contributed by atoms with Crippen LogP contribution < -0.4 is 0 Å². The fourth-order valence-corrected chi connectivity index (χ4v) is 3.40. The van der Waals surface area contributed by atoms with E-state index in [1.165, 1.54) is 0 Å². The maximum absolute atomic E-state index is 10.4. The Morgan fingerprint density at radius 2 is 1.87 bits per heavy atom. The number of allylic oxidation sites excluding steroid dienone is 1. The minimum atomic E-state index is -0.735. The summed E-state index contributed by atoms with van der Waals surface area (Å²) in [5.41, 5.74) is 0. The first-order valence-electron chi connectivity index (χ1n) is 8.91. The Balaban J connectivity index is 2.28. The highest BCUT2D eigenvalue weighted by Crippen LogP contribution is 2.36. The molecule has 4 unspecified atom stereocenters. The number of aliphatic carboxylic acids is 1. The predicted octanol–water partition coefficient (Wildman–Crippen LogP) is 2.49. The van der Waals surface area contributed by atoms with Gasteiger partial charge in [0.25, 0.3) is 0 Å². The molecular formula is C18H32O5. The number of rotatable bonds is 12. The lowest BCUT2D eigenvalue weighted by Gasteiger charge is -2.20. The molecule has 1 aliphatic rings. The molecule has 0 aliphatic heterocycles. The number of carbonyl (C=O) groups is 1. The van der Waals surface area contributed by atoms with Crippen LogP contribution in [0.4, 0.5) is 0 Å². The lowest BCUT2D eigenvalue weighted by Crippen LogP contribution is -2.18. The summed E-state index contributed by atoms with van der Waals surface area (Å²) in [6.45, 7) is 0.0948. The number of carboxylic acids is 1. The van der Waals surface area contributed by atoms with E-state index in [-0.39, 0.29) is 25.0 Å². The van der Waals surface area contributed by atoms with Crippen LogP contribution in [0.25, 0.3) is 0 Å². The number of aliphatic hydroxyl groups excluding tert-OH is 3. The topological polar surface area (TPSA) is 98.0 Å². The van der Waals surface area contributed by atoms with Gasteiger partial charge in [-0.25, -0.2) is 0 Å². The van der Waals surface area contributed by atoms with Crippen LogP contribution in [0.5, 0.6) is 0 Å². The van der Waals surface area contributed by atoms with Gasteiger partial charge < -0.3 is 20.4 Å². The maximum atomic E-state index is 10.4. The second-order valence-corrected chi connectivity index (χ2v) is 6.64. The fourth-order valence-electron chi connectivity index (χ4n) is 3.40. The molecule has 0 radical (unpaired) electrons. The van der Waals surface area contributed by atoms with Crippen molar-refractivity contribution in [3.05, 3.63) is 12.2 Å². The third-order valence-electron chi connectivity index (χ3n) is 4.76. The van der Waals surface area contributed by atoms with E-state index in [9.17, 15) is 15.0 Å². The largest absolute Gasteiger partial charge is 0.481 e. The van der Waals surface area contributed by atoms with Crippen LogP contribution in [0.2, 0.25) is 0 Å². The minimum Gasteiger partial charge on any atom is -0.481 e.